The maximum atomic E-state index is 12.0. The molecule has 2 amide bonds. The van der Waals surface area contributed by atoms with Crippen LogP contribution in [0.25, 0.3) is 0 Å². The normalized spacial score (nSPS) is 16.0. The van der Waals surface area contributed by atoms with Gasteiger partial charge in [0.05, 0.1) is 0 Å². The van der Waals surface area contributed by atoms with Crippen molar-refractivity contribution >= 4 is 23.6 Å². The number of nitrogens with zero attached hydrogens (tertiary/aromatic N) is 1. The van der Waals surface area contributed by atoms with Crippen LogP contribution in [0.5, 0.6) is 0 Å². The van der Waals surface area contributed by atoms with Crippen molar-refractivity contribution in [3.63, 3.8) is 0 Å². The highest BCUT2D eigenvalue weighted by Crippen LogP contribution is 2.14. The van der Waals surface area contributed by atoms with Gasteiger partial charge in [0.15, 0.2) is 0 Å². The standard InChI is InChI=1S/C16H22N2O2S/c1-13(18-10-5-8-15(18)19)16(20)17-9-11-21-12-14-6-3-2-4-7-14/h2-4,6-7,13H,5,8-12H2,1H3,(H,17,20). The summed E-state index contributed by atoms with van der Waals surface area (Å²) < 4.78 is 0. The van der Waals surface area contributed by atoms with Gasteiger partial charge < -0.3 is 10.2 Å². The molecule has 1 aliphatic rings. The SMILES string of the molecule is CC(C(=O)NCCSCc1ccccc1)N1CCCC1=O. The first kappa shape index (κ1) is 15.9. The number of carbonyl (C=O) groups is 2. The molecule has 1 aliphatic heterocycles. The summed E-state index contributed by atoms with van der Waals surface area (Å²) in [5, 5.41) is 2.91. The van der Waals surface area contributed by atoms with Gasteiger partial charge in [0, 0.05) is 31.0 Å². The molecular formula is C16H22N2O2S. The molecule has 1 heterocycles. The molecule has 0 radical (unpaired) electrons. The first-order valence-electron chi connectivity index (χ1n) is 7.37. The summed E-state index contributed by atoms with van der Waals surface area (Å²) >= 11 is 1.80. The molecule has 1 atom stereocenters. The lowest BCUT2D eigenvalue weighted by Crippen LogP contribution is -2.46. The second kappa shape index (κ2) is 8.08. The zero-order chi connectivity index (χ0) is 15.1. The quantitative estimate of drug-likeness (QED) is 0.784. The van der Waals surface area contributed by atoms with E-state index in [1.807, 2.05) is 18.2 Å². The number of benzene rings is 1. The molecule has 1 fully saturated rings. The number of thioether (sulfide) groups is 1. The van der Waals surface area contributed by atoms with E-state index in [0.29, 0.717) is 19.5 Å². The van der Waals surface area contributed by atoms with Crippen molar-refractivity contribution in [2.24, 2.45) is 0 Å². The minimum atomic E-state index is -0.348. The van der Waals surface area contributed by atoms with Crippen LogP contribution in [0.2, 0.25) is 0 Å². The van der Waals surface area contributed by atoms with Crippen LogP contribution in [0.1, 0.15) is 25.3 Å². The summed E-state index contributed by atoms with van der Waals surface area (Å²) in [4.78, 5) is 25.3. The van der Waals surface area contributed by atoms with E-state index in [0.717, 1.165) is 17.9 Å². The Balaban J connectivity index is 1.62. The summed E-state index contributed by atoms with van der Waals surface area (Å²) in [6, 6.07) is 9.94. The third-order valence-electron chi connectivity index (χ3n) is 3.61. The van der Waals surface area contributed by atoms with Gasteiger partial charge in [0.25, 0.3) is 0 Å². The van der Waals surface area contributed by atoms with Crippen molar-refractivity contribution in [3.8, 4) is 0 Å². The van der Waals surface area contributed by atoms with Gasteiger partial charge in [0.2, 0.25) is 11.8 Å². The highest BCUT2D eigenvalue weighted by Gasteiger charge is 2.28. The minimum absolute atomic E-state index is 0.0504. The highest BCUT2D eigenvalue weighted by atomic mass is 32.2. The Labute approximate surface area is 130 Å². The summed E-state index contributed by atoms with van der Waals surface area (Å²) in [7, 11) is 0. The topological polar surface area (TPSA) is 49.4 Å². The molecule has 21 heavy (non-hydrogen) atoms. The monoisotopic (exact) mass is 306 g/mol. The lowest BCUT2D eigenvalue weighted by molar-refractivity contribution is -0.136. The van der Waals surface area contributed by atoms with Gasteiger partial charge in [-0.3, -0.25) is 9.59 Å². The molecule has 1 aromatic rings. The molecule has 0 aromatic heterocycles. The molecule has 0 saturated carbocycles. The number of rotatable bonds is 7. The molecular weight excluding hydrogens is 284 g/mol. The fourth-order valence-corrected chi connectivity index (χ4v) is 3.20. The number of amides is 2. The number of likely N-dealkylation sites (tertiary alicyclic amines) is 1. The summed E-state index contributed by atoms with van der Waals surface area (Å²) in [6.07, 6.45) is 1.44. The lowest BCUT2D eigenvalue weighted by Gasteiger charge is -2.23. The number of hydrogen-bond donors (Lipinski definition) is 1. The van der Waals surface area contributed by atoms with Gasteiger partial charge >= 0.3 is 0 Å². The van der Waals surface area contributed by atoms with E-state index in [1.54, 1.807) is 23.6 Å². The molecule has 1 saturated heterocycles. The summed E-state index contributed by atoms with van der Waals surface area (Å²) in [5.74, 6) is 1.87. The molecule has 0 spiro atoms. The van der Waals surface area contributed by atoms with E-state index in [9.17, 15) is 9.59 Å². The van der Waals surface area contributed by atoms with Crippen molar-refractivity contribution in [2.75, 3.05) is 18.8 Å². The van der Waals surface area contributed by atoms with Crippen molar-refractivity contribution < 1.29 is 9.59 Å². The molecule has 1 aromatic carbocycles. The van der Waals surface area contributed by atoms with Crippen LogP contribution >= 0.6 is 11.8 Å². The predicted molar refractivity (Wildman–Crippen MR) is 86.0 cm³/mol. The van der Waals surface area contributed by atoms with Crippen molar-refractivity contribution in [1.29, 1.82) is 0 Å². The van der Waals surface area contributed by atoms with Crippen LogP contribution in [0.4, 0.5) is 0 Å². The first-order valence-corrected chi connectivity index (χ1v) is 8.53. The Hall–Kier alpha value is -1.49. The van der Waals surface area contributed by atoms with Crippen molar-refractivity contribution in [1.82, 2.24) is 10.2 Å². The minimum Gasteiger partial charge on any atom is -0.353 e. The fourth-order valence-electron chi connectivity index (χ4n) is 2.38. The molecule has 2 rings (SSSR count). The van der Waals surface area contributed by atoms with Gasteiger partial charge in [-0.2, -0.15) is 11.8 Å². The third kappa shape index (κ3) is 4.77. The van der Waals surface area contributed by atoms with E-state index in [2.05, 4.69) is 17.4 Å². The summed E-state index contributed by atoms with van der Waals surface area (Å²) in [5.41, 5.74) is 1.30. The maximum absolute atomic E-state index is 12.0. The smallest absolute Gasteiger partial charge is 0.242 e. The Bertz CT molecular complexity index is 478. The van der Waals surface area contributed by atoms with Crippen molar-refractivity contribution in [2.45, 2.75) is 31.6 Å². The fraction of sp³-hybridized carbons (Fsp3) is 0.500. The Kier molecular flexibility index (Phi) is 6.11. The van der Waals surface area contributed by atoms with E-state index in [4.69, 9.17) is 0 Å². The Morgan fingerprint density at radius 3 is 2.81 bits per heavy atom. The van der Waals surface area contributed by atoms with E-state index < -0.39 is 0 Å². The molecule has 5 heteroatoms. The van der Waals surface area contributed by atoms with Gasteiger partial charge in [-0.1, -0.05) is 30.3 Å². The van der Waals surface area contributed by atoms with Crippen LogP contribution in [-0.4, -0.2) is 41.6 Å². The lowest BCUT2D eigenvalue weighted by atomic mass is 10.2. The van der Waals surface area contributed by atoms with Gasteiger partial charge in [-0.25, -0.2) is 0 Å². The third-order valence-corrected chi connectivity index (χ3v) is 4.64. The first-order chi connectivity index (χ1) is 10.2. The zero-order valence-corrected chi connectivity index (χ0v) is 13.2. The Morgan fingerprint density at radius 2 is 2.14 bits per heavy atom. The van der Waals surface area contributed by atoms with Crippen LogP contribution in [0.3, 0.4) is 0 Å². The van der Waals surface area contributed by atoms with Gasteiger partial charge in [0.1, 0.15) is 6.04 Å². The number of carbonyl (C=O) groups excluding carboxylic acids is 2. The Morgan fingerprint density at radius 1 is 1.38 bits per heavy atom. The predicted octanol–water partition coefficient (Wildman–Crippen LogP) is 2.05. The molecule has 1 unspecified atom stereocenters. The number of hydrogen-bond acceptors (Lipinski definition) is 3. The van der Waals surface area contributed by atoms with Gasteiger partial charge in [-0.05, 0) is 18.9 Å². The molecule has 0 bridgehead atoms. The zero-order valence-electron chi connectivity index (χ0n) is 12.4. The van der Waals surface area contributed by atoms with Crippen LogP contribution < -0.4 is 5.32 Å². The average molecular weight is 306 g/mol. The number of nitrogens with one attached hydrogen (secondary N) is 1. The van der Waals surface area contributed by atoms with E-state index in [-0.39, 0.29) is 17.9 Å². The van der Waals surface area contributed by atoms with E-state index >= 15 is 0 Å². The highest BCUT2D eigenvalue weighted by molar-refractivity contribution is 7.98. The molecule has 4 nitrogen and oxygen atoms in total. The van der Waals surface area contributed by atoms with E-state index in [1.165, 1.54) is 5.56 Å². The average Bonchev–Trinajstić information content (AvgIpc) is 2.93. The van der Waals surface area contributed by atoms with Crippen LogP contribution in [0.15, 0.2) is 30.3 Å². The molecule has 0 aliphatic carbocycles. The maximum Gasteiger partial charge on any atom is 0.242 e. The van der Waals surface area contributed by atoms with Crippen LogP contribution in [-0.2, 0) is 15.3 Å². The van der Waals surface area contributed by atoms with Crippen LogP contribution in [0, 0.1) is 0 Å². The second-order valence-corrected chi connectivity index (χ2v) is 6.30. The summed E-state index contributed by atoms with van der Waals surface area (Å²) in [6.45, 7) is 3.15. The molecule has 1 N–H and O–H groups in total. The molecule has 114 valence electrons. The second-order valence-electron chi connectivity index (χ2n) is 5.20. The van der Waals surface area contributed by atoms with Crippen molar-refractivity contribution in [3.05, 3.63) is 35.9 Å². The van der Waals surface area contributed by atoms with Gasteiger partial charge in [-0.15, -0.1) is 0 Å². The largest absolute Gasteiger partial charge is 0.353 e.